The Morgan fingerprint density at radius 2 is 1.68 bits per heavy atom. The number of benzene rings is 2. The number of carbonyl (C=O) groups excluding carboxylic acids is 1. The lowest BCUT2D eigenvalue weighted by molar-refractivity contribution is -0.123. The Bertz CT molecular complexity index is 749. The van der Waals surface area contributed by atoms with Crippen LogP contribution in [0.2, 0.25) is 0 Å². The first kappa shape index (κ1) is 17.8. The standard InChI is InChI=1S/C18H17N3O4/c1-23-15-6-8-17(9-7-15)25-13-18(22)21-20-12-14-2-4-16(5-3-14)24-11-10-19/h2-9,12H,11,13H2,1H3,(H,21,22). The fourth-order valence-electron chi connectivity index (χ4n) is 1.80. The van der Waals surface area contributed by atoms with E-state index in [1.165, 1.54) is 6.21 Å². The molecular formula is C18H17N3O4. The molecule has 7 heteroatoms. The lowest BCUT2D eigenvalue weighted by Crippen LogP contribution is -2.24. The van der Waals surface area contributed by atoms with Gasteiger partial charge in [-0.15, -0.1) is 0 Å². The van der Waals surface area contributed by atoms with Crippen LogP contribution in [0.4, 0.5) is 0 Å². The van der Waals surface area contributed by atoms with E-state index < -0.39 is 0 Å². The molecule has 0 heterocycles. The molecule has 0 aromatic heterocycles. The van der Waals surface area contributed by atoms with Gasteiger partial charge in [0.2, 0.25) is 0 Å². The molecular weight excluding hydrogens is 322 g/mol. The van der Waals surface area contributed by atoms with Crippen LogP contribution in [-0.2, 0) is 4.79 Å². The topological polar surface area (TPSA) is 92.9 Å². The van der Waals surface area contributed by atoms with Crippen LogP contribution in [0, 0.1) is 11.3 Å². The predicted octanol–water partition coefficient (Wildman–Crippen LogP) is 2.13. The van der Waals surface area contributed by atoms with E-state index in [1.54, 1.807) is 55.6 Å². The van der Waals surface area contributed by atoms with Crippen LogP contribution >= 0.6 is 0 Å². The van der Waals surface area contributed by atoms with Gasteiger partial charge in [-0.05, 0) is 54.1 Å². The van der Waals surface area contributed by atoms with Crippen molar-refractivity contribution in [3.63, 3.8) is 0 Å². The molecule has 25 heavy (non-hydrogen) atoms. The van der Waals surface area contributed by atoms with Gasteiger partial charge >= 0.3 is 0 Å². The predicted molar refractivity (Wildman–Crippen MR) is 91.8 cm³/mol. The highest BCUT2D eigenvalue weighted by Gasteiger charge is 2.01. The number of hydrazone groups is 1. The van der Waals surface area contributed by atoms with Gasteiger partial charge in [0.25, 0.3) is 5.91 Å². The number of hydrogen-bond donors (Lipinski definition) is 1. The monoisotopic (exact) mass is 339 g/mol. The van der Waals surface area contributed by atoms with Crippen LogP contribution < -0.4 is 19.6 Å². The molecule has 0 fully saturated rings. The lowest BCUT2D eigenvalue weighted by Gasteiger charge is -2.06. The summed E-state index contributed by atoms with van der Waals surface area (Å²) in [5.74, 6) is 1.50. The zero-order chi connectivity index (χ0) is 17.9. The van der Waals surface area contributed by atoms with E-state index in [4.69, 9.17) is 19.5 Å². The van der Waals surface area contributed by atoms with Crippen LogP contribution in [-0.4, -0.2) is 32.4 Å². The Hall–Kier alpha value is -3.53. The van der Waals surface area contributed by atoms with Gasteiger partial charge in [-0.1, -0.05) is 0 Å². The maximum atomic E-state index is 11.7. The quantitative estimate of drug-likeness (QED) is 0.587. The summed E-state index contributed by atoms with van der Waals surface area (Å²) in [6, 6.07) is 15.8. The smallest absolute Gasteiger partial charge is 0.277 e. The fraction of sp³-hybridized carbons (Fsp3) is 0.167. The molecule has 0 atom stereocenters. The second-order valence-electron chi connectivity index (χ2n) is 4.77. The van der Waals surface area contributed by atoms with Gasteiger partial charge in [0.15, 0.2) is 13.2 Å². The molecule has 0 spiro atoms. The summed E-state index contributed by atoms with van der Waals surface area (Å²) in [6.45, 7) is -0.151. The largest absolute Gasteiger partial charge is 0.497 e. The summed E-state index contributed by atoms with van der Waals surface area (Å²) in [5.41, 5.74) is 3.16. The zero-order valence-corrected chi connectivity index (χ0v) is 13.6. The fourth-order valence-corrected chi connectivity index (χ4v) is 1.80. The second-order valence-corrected chi connectivity index (χ2v) is 4.77. The van der Waals surface area contributed by atoms with E-state index in [9.17, 15) is 4.79 Å². The van der Waals surface area contributed by atoms with E-state index in [2.05, 4.69) is 10.5 Å². The molecule has 2 aromatic rings. The average molecular weight is 339 g/mol. The summed E-state index contributed by atoms with van der Waals surface area (Å²) in [5, 5.41) is 12.3. The minimum absolute atomic E-state index is 0.00229. The Balaban J connectivity index is 1.75. The summed E-state index contributed by atoms with van der Waals surface area (Å²) in [7, 11) is 1.58. The number of carbonyl (C=O) groups is 1. The van der Waals surface area contributed by atoms with Gasteiger partial charge in [0, 0.05) is 0 Å². The number of amides is 1. The van der Waals surface area contributed by atoms with Crippen LogP contribution in [0.15, 0.2) is 53.6 Å². The number of nitrogens with one attached hydrogen (secondary N) is 1. The number of hydrogen-bond acceptors (Lipinski definition) is 6. The molecule has 0 aliphatic rings. The van der Waals surface area contributed by atoms with E-state index in [0.29, 0.717) is 17.2 Å². The average Bonchev–Trinajstić information content (AvgIpc) is 2.66. The molecule has 0 saturated heterocycles. The van der Waals surface area contributed by atoms with Crippen molar-refractivity contribution in [2.24, 2.45) is 5.10 Å². The Morgan fingerprint density at radius 1 is 1.08 bits per heavy atom. The highest BCUT2D eigenvalue weighted by Crippen LogP contribution is 2.16. The summed E-state index contributed by atoms with van der Waals surface area (Å²) in [6.07, 6.45) is 1.50. The normalized spacial score (nSPS) is 10.1. The molecule has 1 amide bonds. The third kappa shape index (κ3) is 6.23. The summed E-state index contributed by atoms with van der Waals surface area (Å²) >= 11 is 0. The number of rotatable bonds is 8. The van der Waals surface area contributed by atoms with Crippen molar-refractivity contribution in [2.75, 3.05) is 20.3 Å². The van der Waals surface area contributed by atoms with Crippen molar-refractivity contribution in [2.45, 2.75) is 0 Å². The molecule has 2 rings (SSSR count). The minimum Gasteiger partial charge on any atom is -0.497 e. The van der Waals surface area contributed by atoms with Crippen LogP contribution in [0.5, 0.6) is 17.2 Å². The van der Waals surface area contributed by atoms with Crippen molar-refractivity contribution in [1.29, 1.82) is 5.26 Å². The maximum Gasteiger partial charge on any atom is 0.277 e. The van der Waals surface area contributed by atoms with Gasteiger partial charge in [0.05, 0.1) is 13.3 Å². The Labute approximate surface area is 145 Å². The number of ether oxygens (including phenoxy) is 3. The Morgan fingerprint density at radius 3 is 2.32 bits per heavy atom. The van der Waals surface area contributed by atoms with Gasteiger partial charge in [-0.25, -0.2) is 5.43 Å². The van der Waals surface area contributed by atoms with Crippen molar-refractivity contribution in [3.05, 3.63) is 54.1 Å². The SMILES string of the molecule is COc1ccc(OCC(=O)NN=Cc2ccc(OCC#N)cc2)cc1. The molecule has 0 aliphatic carbocycles. The zero-order valence-electron chi connectivity index (χ0n) is 13.6. The van der Waals surface area contributed by atoms with Crippen molar-refractivity contribution >= 4 is 12.1 Å². The van der Waals surface area contributed by atoms with Crippen LogP contribution in [0.3, 0.4) is 0 Å². The van der Waals surface area contributed by atoms with Gasteiger partial charge < -0.3 is 14.2 Å². The molecule has 0 aliphatic heterocycles. The Kier molecular flexibility index (Phi) is 6.82. The lowest BCUT2D eigenvalue weighted by atomic mass is 10.2. The third-order valence-corrected chi connectivity index (χ3v) is 3.02. The molecule has 7 nitrogen and oxygen atoms in total. The first-order valence-corrected chi connectivity index (χ1v) is 7.40. The van der Waals surface area contributed by atoms with Gasteiger partial charge in [-0.2, -0.15) is 10.4 Å². The van der Waals surface area contributed by atoms with E-state index in [0.717, 1.165) is 5.56 Å². The van der Waals surface area contributed by atoms with Gasteiger partial charge in [0.1, 0.15) is 23.3 Å². The molecule has 1 N–H and O–H groups in total. The molecule has 0 unspecified atom stereocenters. The van der Waals surface area contributed by atoms with E-state index >= 15 is 0 Å². The molecule has 0 radical (unpaired) electrons. The first-order chi connectivity index (χ1) is 12.2. The minimum atomic E-state index is -0.374. The van der Waals surface area contributed by atoms with Crippen molar-refractivity contribution in [3.8, 4) is 23.3 Å². The molecule has 2 aromatic carbocycles. The number of nitriles is 1. The molecule has 0 bridgehead atoms. The van der Waals surface area contributed by atoms with Crippen molar-refractivity contribution in [1.82, 2.24) is 5.43 Å². The molecule has 0 saturated carbocycles. The summed E-state index contributed by atoms with van der Waals surface area (Å²) < 4.78 is 15.5. The van der Waals surface area contributed by atoms with E-state index in [1.807, 2.05) is 6.07 Å². The van der Waals surface area contributed by atoms with Crippen LogP contribution in [0.1, 0.15) is 5.56 Å². The van der Waals surface area contributed by atoms with E-state index in [-0.39, 0.29) is 19.1 Å². The second kappa shape index (κ2) is 9.57. The van der Waals surface area contributed by atoms with Crippen LogP contribution in [0.25, 0.3) is 0 Å². The summed E-state index contributed by atoms with van der Waals surface area (Å²) in [4.78, 5) is 11.7. The number of methoxy groups -OCH3 is 1. The van der Waals surface area contributed by atoms with Gasteiger partial charge in [-0.3, -0.25) is 4.79 Å². The maximum absolute atomic E-state index is 11.7. The first-order valence-electron chi connectivity index (χ1n) is 7.40. The highest BCUT2D eigenvalue weighted by molar-refractivity contribution is 5.83. The number of nitrogens with zero attached hydrogens (tertiary/aromatic N) is 2. The van der Waals surface area contributed by atoms with Crippen molar-refractivity contribution < 1.29 is 19.0 Å². The highest BCUT2D eigenvalue weighted by atomic mass is 16.5. The molecule has 128 valence electrons. The third-order valence-electron chi connectivity index (χ3n) is 3.02.